The third kappa shape index (κ3) is 2.81. The van der Waals surface area contributed by atoms with Crippen LogP contribution in [0.5, 0.6) is 0 Å². The number of fused-ring (bicyclic) bond motifs is 1. The number of hydrogen-bond acceptors (Lipinski definition) is 3. The zero-order chi connectivity index (χ0) is 14.9. The standard InChI is InChI=1S/C15H15N3O2S/c1-18-11-12(9-16-18)10-17-21(19,20)15-8-4-6-13-5-2-3-7-14(13)15/h2-9,11,17H,10H2,1H3. The van der Waals surface area contributed by atoms with Crippen molar-refractivity contribution in [2.75, 3.05) is 0 Å². The maximum Gasteiger partial charge on any atom is 0.241 e. The molecule has 1 aromatic heterocycles. The smallest absolute Gasteiger partial charge is 0.241 e. The number of sulfonamides is 1. The largest absolute Gasteiger partial charge is 0.275 e. The fourth-order valence-corrected chi connectivity index (χ4v) is 3.49. The van der Waals surface area contributed by atoms with Gasteiger partial charge in [-0.1, -0.05) is 36.4 Å². The summed E-state index contributed by atoms with van der Waals surface area (Å²) >= 11 is 0. The predicted octanol–water partition coefficient (Wildman–Crippen LogP) is 2.05. The van der Waals surface area contributed by atoms with Crippen molar-refractivity contribution in [1.82, 2.24) is 14.5 Å². The second-order valence-electron chi connectivity index (χ2n) is 4.82. The Morgan fingerprint density at radius 2 is 1.90 bits per heavy atom. The molecular weight excluding hydrogens is 286 g/mol. The summed E-state index contributed by atoms with van der Waals surface area (Å²) in [6, 6.07) is 12.7. The Morgan fingerprint density at radius 3 is 2.67 bits per heavy atom. The van der Waals surface area contributed by atoms with Crippen molar-refractivity contribution in [2.45, 2.75) is 11.4 Å². The van der Waals surface area contributed by atoms with Crippen LogP contribution in [0.1, 0.15) is 5.56 Å². The number of hydrogen-bond donors (Lipinski definition) is 1. The first kappa shape index (κ1) is 13.8. The molecule has 0 amide bonds. The summed E-state index contributed by atoms with van der Waals surface area (Å²) in [5.41, 5.74) is 0.821. The van der Waals surface area contributed by atoms with Crippen molar-refractivity contribution in [2.24, 2.45) is 7.05 Å². The Kier molecular flexibility index (Phi) is 3.48. The highest BCUT2D eigenvalue weighted by atomic mass is 32.2. The van der Waals surface area contributed by atoms with E-state index in [4.69, 9.17) is 0 Å². The minimum absolute atomic E-state index is 0.222. The second kappa shape index (κ2) is 5.31. The van der Waals surface area contributed by atoms with E-state index in [-0.39, 0.29) is 6.54 Å². The summed E-state index contributed by atoms with van der Waals surface area (Å²) in [5.74, 6) is 0. The number of aromatic nitrogens is 2. The molecule has 21 heavy (non-hydrogen) atoms. The van der Waals surface area contributed by atoms with Crippen LogP contribution in [0, 0.1) is 0 Å². The molecule has 108 valence electrons. The van der Waals surface area contributed by atoms with Gasteiger partial charge in [-0.25, -0.2) is 13.1 Å². The first-order chi connectivity index (χ1) is 10.1. The zero-order valence-electron chi connectivity index (χ0n) is 11.5. The molecule has 0 bridgehead atoms. The van der Waals surface area contributed by atoms with E-state index in [1.807, 2.05) is 30.3 Å². The number of nitrogens with one attached hydrogen (secondary N) is 1. The van der Waals surface area contributed by atoms with Gasteiger partial charge < -0.3 is 0 Å². The average Bonchev–Trinajstić information content (AvgIpc) is 2.90. The van der Waals surface area contributed by atoms with Gasteiger partial charge in [0.1, 0.15) is 0 Å². The van der Waals surface area contributed by atoms with Gasteiger partial charge in [0.25, 0.3) is 0 Å². The number of benzene rings is 2. The van der Waals surface area contributed by atoms with Gasteiger partial charge >= 0.3 is 0 Å². The van der Waals surface area contributed by atoms with Gasteiger partial charge in [0, 0.05) is 30.7 Å². The highest BCUT2D eigenvalue weighted by Crippen LogP contribution is 2.22. The highest BCUT2D eigenvalue weighted by Gasteiger charge is 2.16. The van der Waals surface area contributed by atoms with Crippen LogP contribution in [0.25, 0.3) is 10.8 Å². The van der Waals surface area contributed by atoms with Crippen molar-refractivity contribution >= 4 is 20.8 Å². The van der Waals surface area contributed by atoms with Crippen molar-refractivity contribution < 1.29 is 8.42 Å². The molecule has 3 aromatic rings. The average molecular weight is 301 g/mol. The molecular formula is C15H15N3O2S. The molecule has 5 nitrogen and oxygen atoms in total. The second-order valence-corrected chi connectivity index (χ2v) is 6.56. The topological polar surface area (TPSA) is 64.0 Å². The monoisotopic (exact) mass is 301 g/mol. The van der Waals surface area contributed by atoms with Crippen LogP contribution in [0.3, 0.4) is 0 Å². The van der Waals surface area contributed by atoms with Crippen LogP contribution in [-0.4, -0.2) is 18.2 Å². The summed E-state index contributed by atoms with van der Waals surface area (Å²) < 4.78 is 29.2. The molecule has 0 unspecified atom stereocenters. The molecule has 0 radical (unpaired) electrons. The van der Waals surface area contributed by atoms with Crippen LogP contribution in [-0.2, 0) is 23.6 Å². The molecule has 0 saturated carbocycles. The number of aryl methyl sites for hydroxylation is 1. The number of nitrogens with zero attached hydrogens (tertiary/aromatic N) is 2. The lowest BCUT2D eigenvalue weighted by molar-refractivity contribution is 0.582. The maximum atomic E-state index is 12.5. The van der Waals surface area contributed by atoms with E-state index >= 15 is 0 Å². The minimum atomic E-state index is -3.56. The summed E-state index contributed by atoms with van der Waals surface area (Å²) in [6.45, 7) is 0.222. The Morgan fingerprint density at radius 1 is 1.14 bits per heavy atom. The molecule has 0 saturated heterocycles. The lowest BCUT2D eigenvalue weighted by Gasteiger charge is -2.08. The summed E-state index contributed by atoms with van der Waals surface area (Å²) in [5, 5.41) is 5.65. The normalized spacial score (nSPS) is 11.9. The van der Waals surface area contributed by atoms with Crippen LogP contribution in [0.2, 0.25) is 0 Å². The quantitative estimate of drug-likeness (QED) is 0.802. The third-order valence-corrected chi connectivity index (χ3v) is 4.72. The molecule has 0 spiro atoms. The van der Waals surface area contributed by atoms with E-state index in [9.17, 15) is 8.42 Å². The highest BCUT2D eigenvalue weighted by molar-refractivity contribution is 7.89. The zero-order valence-corrected chi connectivity index (χ0v) is 12.3. The molecule has 1 N–H and O–H groups in total. The fourth-order valence-electron chi connectivity index (χ4n) is 2.25. The summed E-state index contributed by atoms with van der Waals surface area (Å²) in [4.78, 5) is 0.296. The number of rotatable bonds is 4. The molecule has 1 heterocycles. The van der Waals surface area contributed by atoms with Gasteiger partial charge in [0.05, 0.1) is 11.1 Å². The van der Waals surface area contributed by atoms with Crippen LogP contribution < -0.4 is 4.72 Å². The van der Waals surface area contributed by atoms with E-state index in [1.54, 1.807) is 36.3 Å². The molecule has 6 heteroatoms. The predicted molar refractivity (Wildman–Crippen MR) is 81.2 cm³/mol. The van der Waals surface area contributed by atoms with Crippen LogP contribution in [0.4, 0.5) is 0 Å². The molecule has 0 fully saturated rings. The Hall–Kier alpha value is -2.18. The maximum absolute atomic E-state index is 12.5. The van der Waals surface area contributed by atoms with Gasteiger partial charge in [-0.2, -0.15) is 5.10 Å². The van der Waals surface area contributed by atoms with E-state index in [0.717, 1.165) is 16.3 Å². The van der Waals surface area contributed by atoms with Gasteiger partial charge in [0.2, 0.25) is 10.0 Å². The van der Waals surface area contributed by atoms with Gasteiger partial charge in [-0.15, -0.1) is 0 Å². The first-order valence-corrected chi connectivity index (χ1v) is 7.99. The van der Waals surface area contributed by atoms with Crippen molar-refractivity contribution in [1.29, 1.82) is 0 Å². The Labute approximate surface area is 123 Å². The first-order valence-electron chi connectivity index (χ1n) is 6.51. The lowest BCUT2D eigenvalue weighted by atomic mass is 10.1. The summed E-state index contributed by atoms with van der Waals surface area (Å²) in [6.07, 6.45) is 3.43. The van der Waals surface area contributed by atoms with Crippen molar-refractivity contribution in [3.8, 4) is 0 Å². The van der Waals surface area contributed by atoms with Gasteiger partial charge in [0.15, 0.2) is 0 Å². The Bertz CT molecular complexity index is 879. The third-order valence-electron chi connectivity index (χ3n) is 3.26. The lowest BCUT2D eigenvalue weighted by Crippen LogP contribution is -2.23. The van der Waals surface area contributed by atoms with Crippen LogP contribution in [0.15, 0.2) is 59.8 Å². The molecule has 0 aliphatic carbocycles. The Balaban J connectivity index is 1.93. The van der Waals surface area contributed by atoms with E-state index in [1.165, 1.54) is 0 Å². The molecule has 2 aromatic carbocycles. The van der Waals surface area contributed by atoms with E-state index in [2.05, 4.69) is 9.82 Å². The molecule has 3 rings (SSSR count). The molecule has 0 atom stereocenters. The van der Waals surface area contributed by atoms with Gasteiger partial charge in [-0.05, 0) is 11.5 Å². The summed E-state index contributed by atoms with van der Waals surface area (Å²) in [7, 11) is -1.77. The minimum Gasteiger partial charge on any atom is -0.275 e. The van der Waals surface area contributed by atoms with E-state index < -0.39 is 10.0 Å². The molecule has 0 aliphatic heterocycles. The van der Waals surface area contributed by atoms with Crippen LogP contribution >= 0.6 is 0 Å². The molecule has 0 aliphatic rings. The van der Waals surface area contributed by atoms with E-state index in [0.29, 0.717) is 4.90 Å². The fraction of sp³-hybridized carbons (Fsp3) is 0.133. The SMILES string of the molecule is Cn1cc(CNS(=O)(=O)c2cccc3ccccc23)cn1. The van der Waals surface area contributed by atoms with Crippen molar-refractivity contribution in [3.63, 3.8) is 0 Å². The van der Waals surface area contributed by atoms with Gasteiger partial charge in [-0.3, -0.25) is 4.68 Å². The van der Waals surface area contributed by atoms with Crippen molar-refractivity contribution in [3.05, 3.63) is 60.4 Å².